The van der Waals surface area contributed by atoms with Gasteiger partial charge in [0.1, 0.15) is 0 Å². The van der Waals surface area contributed by atoms with Gasteiger partial charge < -0.3 is 5.48 Å². The van der Waals surface area contributed by atoms with Crippen molar-refractivity contribution in [1.82, 2.24) is 0 Å². The maximum absolute atomic E-state index is 8.49. The van der Waals surface area contributed by atoms with E-state index in [0.29, 0.717) is 0 Å². The molecule has 2 N–H and O–H groups in total. The number of halogens is 2. The minimum Gasteiger partial charge on any atom is -0.412 e. The summed E-state index contributed by atoms with van der Waals surface area (Å²) in [4.78, 5) is 0. The Balaban J connectivity index is -0.0000000457. The van der Waals surface area contributed by atoms with Gasteiger partial charge in [0.25, 0.3) is 0 Å². The molecule has 0 atom stereocenters. The first-order valence-electron chi connectivity index (χ1n) is 1.23. The second kappa shape index (κ2) is 8.34. The molecule has 0 aromatic heterocycles. The molecule has 0 saturated carbocycles. The van der Waals surface area contributed by atoms with Crippen molar-refractivity contribution in [2.45, 2.75) is 0 Å². The summed E-state index contributed by atoms with van der Waals surface area (Å²) in [6.45, 7) is 0. The minimum absolute atomic E-state index is 0. The van der Waals surface area contributed by atoms with Crippen molar-refractivity contribution < 1.29 is 80.3 Å². The molecule has 0 aliphatic rings. The average Bonchev–Trinajstić information content (AvgIpc) is 1.12. The molecule has 0 aromatic carbocycles. The van der Waals surface area contributed by atoms with Crippen molar-refractivity contribution in [3.05, 3.63) is 0 Å². The van der Waals surface area contributed by atoms with Crippen LogP contribution in [0.4, 0.5) is 0 Å². The zero-order chi connectivity index (χ0) is 9.00. The van der Waals surface area contributed by atoms with Gasteiger partial charge in [-0.25, -0.2) is 37.3 Å². The van der Waals surface area contributed by atoms with E-state index in [9.17, 15) is 0 Å². The van der Waals surface area contributed by atoms with Crippen molar-refractivity contribution in [3.63, 3.8) is 0 Å². The van der Waals surface area contributed by atoms with Gasteiger partial charge >= 0.3 is 17.1 Å². The van der Waals surface area contributed by atoms with Gasteiger partial charge in [-0.1, -0.05) is 0 Å². The summed E-state index contributed by atoms with van der Waals surface area (Å²) in [5.74, 6) is 0. The van der Waals surface area contributed by atoms with Crippen LogP contribution in [-0.2, 0) is 17.1 Å². The molecule has 0 aliphatic heterocycles. The van der Waals surface area contributed by atoms with Crippen LogP contribution in [0.2, 0.25) is 0 Å². The van der Waals surface area contributed by atoms with E-state index in [1.165, 1.54) is 0 Å². The molecule has 0 saturated heterocycles. The van der Waals surface area contributed by atoms with E-state index in [1.807, 2.05) is 0 Å². The molecule has 9 nitrogen and oxygen atoms in total. The summed E-state index contributed by atoms with van der Waals surface area (Å²) in [5, 5.41) is 0. The smallest absolute Gasteiger partial charge is 0.412 e. The first-order valence-corrected chi connectivity index (χ1v) is 3.70. The predicted molar refractivity (Wildman–Crippen MR) is 3.61 cm³/mol. The Labute approximate surface area is 80.7 Å². The topological polar surface area (TPSA) is 216 Å². The van der Waals surface area contributed by atoms with Gasteiger partial charge in [-0.3, -0.25) is 0 Å². The van der Waals surface area contributed by atoms with Crippen molar-refractivity contribution in [3.8, 4) is 0 Å². The van der Waals surface area contributed by atoms with Crippen LogP contribution in [-0.4, -0.2) is 5.48 Å². The predicted octanol–water partition coefficient (Wildman–Crippen LogP) is -10.3. The first kappa shape index (κ1) is 23.0. The largest absolute Gasteiger partial charge is 2.00 e. The fourth-order valence-corrected chi connectivity index (χ4v) is 0. The van der Waals surface area contributed by atoms with E-state index in [2.05, 4.69) is 0 Å². The fraction of sp³-hybridized carbons (Fsp3) is 0. The maximum atomic E-state index is 8.49. The molecule has 77 valence electrons. The number of hydrogen-bond donors (Lipinski definition) is 0. The molecule has 0 fully saturated rings. The second-order valence-corrected chi connectivity index (χ2v) is 2.27. The van der Waals surface area contributed by atoms with E-state index in [4.69, 9.17) is 37.3 Å². The van der Waals surface area contributed by atoms with Gasteiger partial charge in [-0.2, -0.15) is 0 Å². The molecule has 1 radical (unpaired) electrons. The fourth-order valence-electron chi connectivity index (χ4n) is 0. The maximum Gasteiger partial charge on any atom is 2.00 e. The summed E-state index contributed by atoms with van der Waals surface area (Å²) in [6.07, 6.45) is 0. The van der Waals surface area contributed by atoms with Gasteiger partial charge in [-0.05, 0) is 0 Å². The minimum atomic E-state index is -4.94. The molecule has 12 heteroatoms. The second-order valence-electron chi connectivity index (χ2n) is 0.756. The molecular formula is H2Cl2MnO9. The van der Waals surface area contributed by atoms with E-state index in [0.717, 1.165) is 0 Å². The van der Waals surface area contributed by atoms with Crippen LogP contribution in [0.15, 0.2) is 0 Å². The molecule has 0 rings (SSSR count). The normalized spacial score (nSPS) is 10.0. The van der Waals surface area contributed by atoms with Gasteiger partial charge in [0.2, 0.25) is 0 Å². The molecule has 0 aliphatic carbocycles. The zero-order valence-corrected chi connectivity index (χ0v) is 7.59. The van der Waals surface area contributed by atoms with Crippen molar-refractivity contribution in [2.24, 2.45) is 0 Å². The van der Waals surface area contributed by atoms with Gasteiger partial charge in [0, 0.05) is 0 Å². The van der Waals surface area contributed by atoms with E-state index < -0.39 is 20.5 Å². The summed E-state index contributed by atoms with van der Waals surface area (Å²) in [7, 11) is -9.89. The third kappa shape index (κ3) is 1860. The van der Waals surface area contributed by atoms with Crippen molar-refractivity contribution >= 4 is 0 Å². The molecule has 0 aromatic rings. The van der Waals surface area contributed by atoms with Crippen LogP contribution in [0, 0.1) is 20.5 Å². The molecule has 0 spiro atoms. The molecule has 0 heterocycles. The van der Waals surface area contributed by atoms with E-state index >= 15 is 0 Å². The molecule has 0 bridgehead atoms. The van der Waals surface area contributed by atoms with Crippen LogP contribution < -0.4 is 37.3 Å². The molecule has 0 unspecified atom stereocenters. The molecular weight excluding hydrogens is 270 g/mol. The van der Waals surface area contributed by atoms with Crippen LogP contribution in [0.3, 0.4) is 0 Å². The Morgan fingerprint density at radius 2 is 0.500 bits per heavy atom. The van der Waals surface area contributed by atoms with Crippen LogP contribution in [0.25, 0.3) is 0 Å². The summed E-state index contributed by atoms with van der Waals surface area (Å²) in [5.41, 5.74) is 0. The summed E-state index contributed by atoms with van der Waals surface area (Å²) in [6, 6.07) is 0. The zero-order valence-electron chi connectivity index (χ0n) is 4.90. The van der Waals surface area contributed by atoms with E-state index in [-0.39, 0.29) is 22.5 Å². The van der Waals surface area contributed by atoms with E-state index in [1.54, 1.807) is 0 Å². The van der Waals surface area contributed by atoms with Crippen LogP contribution >= 0.6 is 0 Å². The Morgan fingerprint density at radius 1 is 0.500 bits per heavy atom. The Kier molecular flexibility index (Phi) is 16.0. The van der Waals surface area contributed by atoms with Crippen LogP contribution in [0.5, 0.6) is 0 Å². The third-order valence-electron chi connectivity index (χ3n) is 0. The Hall–Kier alpha value is 0.739. The summed E-state index contributed by atoms with van der Waals surface area (Å²) < 4.78 is 67.9. The Morgan fingerprint density at radius 3 is 0.500 bits per heavy atom. The number of rotatable bonds is 0. The summed E-state index contributed by atoms with van der Waals surface area (Å²) >= 11 is 0. The standard InChI is InChI=1S/2ClHO4.Mn.H2O/c2*2-1(3,4)5;;/h2*(H,2,3,4,5);;1H2/q;;+2;/p-2. The quantitative estimate of drug-likeness (QED) is 0.384. The van der Waals surface area contributed by atoms with Crippen molar-refractivity contribution in [1.29, 1.82) is 0 Å². The first-order chi connectivity index (χ1) is 4.00. The Bertz CT molecular complexity index is 55.5. The van der Waals surface area contributed by atoms with Gasteiger partial charge in [0.15, 0.2) is 0 Å². The monoisotopic (exact) mass is 271 g/mol. The average molecular weight is 272 g/mol. The van der Waals surface area contributed by atoms with Crippen molar-refractivity contribution in [2.75, 3.05) is 0 Å². The SMILES string of the molecule is O.[Mn+2].[O-][Cl+3]([O-])([O-])[O-].[O-][Cl+3]([O-])([O-])[O-]. The third-order valence-corrected chi connectivity index (χ3v) is 0. The van der Waals surface area contributed by atoms with Crippen LogP contribution in [0.1, 0.15) is 0 Å². The van der Waals surface area contributed by atoms with Gasteiger partial charge in [0.05, 0.1) is 0 Å². The molecule has 12 heavy (non-hydrogen) atoms. The molecule has 0 amide bonds. The van der Waals surface area contributed by atoms with Gasteiger partial charge in [-0.15, -0.1) is 20.5 Å². The number of hydrogen-bond acceptors (Lipinski definition) is 8.